The summed E-state index contributed by atoms with van der Waals surface area (Å²) in [5, 5.41) is 0. The summed E-state index contributed by atoms with van der Waals surface area (Å²) in [4.78, 5) is 10.6. The van der Waals surface area contributed by atoms with Gasteiger partial charge in [-0.15, -0.1) is 0 Å². The zero-order valence-corrected chi connectivity index (χ0v) is 5.60. The molecule has 0 saturated heterocycles. The van der Waals surface area contributed by atoms with Crippen molar-refractivity contribution in [1.82, 2.24) is 0 Å². The highest BCUT2D eigenvalue weighted by Gasteiger charge is 2.12. The van der Waals surface area contributed by atoms with Crippen LogP contribution in [0.4, 0.5) is 0 Å². The molecule has 0 aliphatic heterocycles. The Labute approximate surface area is 55.2 Å². The van der Waals surface area contributed by atoms with Gasteiger partial charge in [0.25, 0.3) is 0 Å². The first kappa shape index (κ1) is 8.03. The molecule has 0 N–H and O–H groups in total. The van der Waals surface area contributed by atoms with E-state index in [1.807, 2.05) is 6.92 Å². The van der Waals surface area contributed by atoms with Crippen LogP contribution in [0.2, 0.25) is 0 Å². The minimum atomic E-state index is -0.477. The van der Waals surface area contributed by atoms with Crippen molar-refractivity contribution in [2.75, 3.05) is 7.11 Å². The summed E-state index contributed by atoms with van der Waals surface area (Å²) in [6.07, 6.45) is 7.22. The van der Waals surface area contributed by atoms with Crippen molar-refractivity contribution in [1.29, 1.82) is 0 Å². The van der Waals surface area contributed by atoms with Gasteiger partial charge in [-0.1, -0.05) is 12.8 Å². The molecule has 0 aromatic carbocycles. The number of methoxy groups -OCH3 is 1. The minimum absolute atomic E-state index is 0.382. The molecular formula is C7H9O2. The lowest BCUT2D eigenvalue weighted by Gasteiger charge is -2.02. The number of carbonyl (C=O) groups excluding carboxylic acids is 1. The molecule has 0 amide bonds. The van der Waals surface area contributed by atoms with Gasteiger partial charge in [-0.3, -0.25) is 4.79 Å². The van der Waals surface area contributed by atoms with Gasteiger partial charge in [-0.2, -0.15) is 0 Å². The molecule has 1 atom stereocenters. The molecule has 0 saturated carbocycles. The first-order chi connectivity index (χ1) is 4.26. The molecule has 0 spiro atoms. The lowest BCUT2D eigenvalue weighted by Crippen LogP contribution is -2.12. The molecule has 0 heterocycles. The minimum Gasteiger partial charge on any atom is -0.468 e. The van der Waals surface area contributed by atoms with E-state index in [9.17, 15) is 4.79 Å². The zero-order chi connectivity index (χ0) is 7.28. The highest BCUT2D eigenvalue weighted by atomic mass is 16.5. The summed E-state index contributed by atoms with van der Waals surface area (Å²) >= 11 is 0. The van der Waals surface area contributed by atoms with Crippen LogP contribution in [0.25, 0.3) is 0 Å². The van der Waals surface area contributed by atoms with Crippen molar-refractivity contribution < 1.29 is 9.53 Å². The standard InChI is InChI=1S/C7H9O2/c1-4-6(5-2)7(8)9-3/h6H,4H2,1,3H3. The lowest BCUT2D eigenvalue weighted by molar-refractivity contribution is -0.143. The second-order valence-corrected chi connectivity index (χ2v) is 1.63. The Morgan fingerprint density at radius 2 is 2.44 bits per heavy atom. The topological polar surface area (TPSA) is 26.3 Å². The smallest absolute Gasteiger partial charge is 0.320 e. The fourth-order valence-corrected chi connectivity index (χ4v) is 0.470. The third-order valence-corrected chi connectivity index (χ3v) is 1.07. The van der Waals surface area contributed by atoms with Gasteiger partial charge in [-0.05, 0) is 12.8 Å². The van der Waals surface area contributed by atoms with E-state index in [2.05, 4.69) is 10.7 Å². The van der Waals surface area contributed by atoms with E-state index in [0.29, 0.717) is 6.42 Å². The number of hydrogen-bond donors (Lipinski definition) is 0. The molecule has 0 aliphatic rings. The lowest BCUT2D eigenvalue weighted by atomic mass is 10.1. The molecule has 0 fully saturated rings. The third kappa shape index (κ3) is 2.18. The van der Waals surface area contributed by atoms with Crippen LogP contribution in [0.3, 0.4) is 0 Å². The van der Waals surface area contributed by atoms with Crippen LogP contribution in [0.15, 0.2) is 0 Å². The van der Waals surface area contributed by atoms with E-state index in [1.165, 1.54) is 7.11 Å². The summed E-state index contributed by atoms with van der Waals surface area (Å²) in [5.41, 5.74) is 0. The summed E-state index contributed by atoms with van der Waals surface area (Å²) in [5.74, 6) is 1.22. The zero-order valence-electron chi connectivity index (χ0n) is 5.60. The monoisotopic (exact) mass is 125 g/mol. The quantitative estimate of drug-likeness (QED) is 0.402. The maximum atomic E-state index is 10.6. The summed E-state index contributed by atoms with van der Waals surface area (Å²) in [6.45, 7) is 1.81. The maximum Gasteiger partial charge on any atom is 0.320 e. The maximum absolute atomic E-state index is 10.6. The Morgan fingerprint density at radius 1 is 1.89 bits per heavy atom. The molecular weight excluding hydrogens is 116 g/mol. The van der Waals surface area contributed by atoms with Crippen LogP contribution in [0, 0.1) is 18.3 Å². The second kappa shape index (κ2) is 3.96. The van der Waals surface area contributed by atoms with E-state index >= 15 is 0 Å². The molecule has 0 rings (SSSR count). The van der Waals surface area contributed by atoms with E-state index < -0.39 is 5.92 Å². The SMILES string of the molecule is [C]#CC(CC)C(=O)OC. The van der Waals surface area contributed by atoms with Crippen LogP contribution < -0.4 is 0 Å². The second-order valence-electron chi connectivity index (χ2n) is 1.63. The first-order valence-corrected chi connectivity index (χ1v) is 2.76. The molecule has 2 heteroatoms. The number of carbonyl (C=O) groups is 1. The average Bonchev–Trinajstić information content (AvgIpc) is 1.90. The molecule has 1 unspecified atom stereocenters. The van der Waals surface area contributed by atoms with Gasteiger partial charge in [0.1, 0.15) is 5.92 Å². The number of rotatable bonds is 2. The van der Waals surface area contributed by atoms with E-state index in [0.717, 1.165) is 0 Å². The fourth-order valence-electron chi connectivity index (χ4n) is 0.470. The molecule has 9 heavy (non-hydrogen) atoms. The van der Waals surface area contributed by atoms with Crippen molar-refractivity contribution in [3.8, 4) is 5.92 Å². The Morgan fingerprint density at radius 3 is 2.56 bits per heavy atom. The average molecular weight is 125 g/mol. The van der Waals surface area contributed by atoms with Gasteiger partial charge in [0.15, 0.2) is 0 Å². The normalized spacial score (nSPS) is 11.7. The van der Waals surface area contributed by atoms with Gasteiger partial charge in [-0.25, -0.2) is 0 Å². The predicted octanol–water partition coefficient (Wildman–Crippen LogP) is 0.775. The van der Waals surface area contributed by atoms with E-state index in [4.69, 9.17) is 6.42 Å². The summed E-state index contributed by atoms with van der Waals surface area (Å²) < 4.78 is 4.37. The molecule has 49 valence electrons. The van der Waals surface area contributed by atoms with Crippen LogP contribution in [-0.4, -0.2) is 13.1 Å². The summed E-state index contributed by atoms with van der Waals surface area (Å²) in [6, 6.07) is 0. The first-order valence-electron chi connectivity index (χ1n) is 2.76. The largest absolute Gasteiger partial charge is 0.468 e. The Bertz CT molecular complexity index is 132. The highest BCUT2D eigenvalue weighted by molar-refractivity contribution is 5.75. The number of hydrogen-bond acceptors (Lipinski definition) is 2. The van der Waals surface area contributed by atoms with Gasteiger partial charge >= 0.3 is 5.97 Å². The van der Waals surface area contributed by atoms with Gasteiger partial charge < -0.3 is 4.74 Å². The van der Waals surface area contributed by atoms with Crippen molar-refractivity contribution in [2.24, 2.45) is 5.92 Å². The van der Waals surface area contributed by atoms with Gasteiger partial charge in [0.05, 0.1) is 7.11 Å². The van der Waals surface area contributed by atoms with Crippen molar-refractivity contribution >= 4 is 5.97 Å². The number of ether oxygens (including phenoxy) is 1. The Kier molecular flexibility index (Phi) is 3.54. The number of esters is 1. The van der Waals surface area contributed by atoms with E-state index in [-0.39, 0.29) is 5.97 Å². The Hall–Kier alpha value is -0.970. The van der Waals surface area contributed by atoms with Gasteiger partial charge in [0, 0.05) is 0 Å². The highest BCUT2D eigenvalue weighted by Crippen LogP contribution is 2.01. The van der Waals surface area contributed by atoms with Crippen LogP contribution in [0.1, 0.15) is 13.3 Å². The molecule has 0 bridgehead atoms. The van der Waals surface area contributed by atoms with Gasteiger partial charge in [0.2, 0.25) is 0 Å². The molecule has 1 radical (unpaired) electrons. The molecule has 0 aliphatic carbocycles. The summed E-state index contributed by atoms with van der Waals surface area (Å²) in [7, 11) is 1.31. The molecule has 0 aromatic rings. The fraction of sp³-hybridized carbons (Fsp3) is 0.571. The van der Waals surface area contributed by atoms with Crippen LogP contribution in [0.5, 0.6) is 0 Å². The van der Waals surface area contributed by atoms with Crippen molar-refractivity contribution in [3.63, 3.8) is 0 Å². The Balaban J connectivity index is 3.84. The van der Waals surface area contributed by atoms with Crippen molar-refractivity contribution in [2.45, 2.75) is 13.3 Å². The third-order valence-electron chi connectivity index (χ3n) is 1.07. The van der Waals surface area contributed by atoms with Crippen LogP contribution in [-0.2, 0) is 9.53 Å². The predicted molar refractivity (Wildman–Crippen MR) is 32.9 cm³/mol. The van der Waals surface area contributed by atoms with Crippen LogP contribution >= 0.6 is 0 Å². The molecule has 2 nitrogen and oxygen atoms in total. The molecule has 0 aromatic heterocycles. The van der Waals surface area contributed by atoms with Crippen molar-refractivity contribution in [3.05, 3.63) is 6.42 Å². The van der Waals surface area contributed by atoms with E-state index in [1.54, 1.807) is 0 Å².